The van der Waals surface area contributed by atoms with Crippen LogP contribution in [0, 0.1) is 0 Å². The summed E-state index contributed by atoms with van der Waals surface area (Å²) in [6, 6.07) is 16.8. The largest absolute Gasteiger partial charge is 0.264 e. The van der Waals surface area contributed by atoms with Crippen molar-refractivity contribution in [2.75, 3.05) is 5.06 Å². The van der Waals surface area contributed by atoms with Crippen molar-refractivity contribution in [2.45, 2.75) is 25.0 Å². The topological polar surface area (TPSA) is 25.4 Å². The van der Waals surface area contributed by atoms with Gasteiger partial charge >= 0.3 is 0 Å². The maximum Gasteiger partial charge on any atom is 0.153 e. The van der Waals surface area contributed by atoms with Crippen molar-refractivity contribution < 1.29 is 4.84 Å². The van der Waals surface area contributed by atoms with Gasteiger partial charge in [0.15, 0.2) is 5.82 Å². The quantitative estimate of drug-likeness (QED) is 0.830. The summed E-state index contributed by atoms with van der Waals surface area (Å²) in [6.07, 6.45) is 6.44. The maximum atomic E-state index is 6.02. The van der Waals surface area contributed by atoms with E-state index >= 15 is 0 Å². The van der Waals surface area contributed by atoms with Crippen LogP contribution in [-0.2, 0) is 4.84 Å². The van der Waals surface area contributed by atoms with Crippen molar-refractivity contribution in [3.8, 4) is 0 Å². The lowest BCUT2D eigenvalue weighted by Crippen LogP contribution is -2.48. The van der Waals surface area contributed by atoms with Gasteiger partial charge in [-0.2, -0.15) is 0 Å². The molecule has 2 bridgehead atoms. The minimum Gasteiger partial charge on any atom is -0.264 e. The van der Waals surface area contributed by atoms with E-state index in [9.17, 15) is 0 Å². The minimum absolute atomic E-state index is 0.164. The monoisotopic (exact) mass is 264 g/mol. The zero-order valence-corrected chi connectivity index (χ0v) is 11.1. The van der Waals surface area contributed by atoms with E-state index < -0.39 is 0 Å². The van der Waals surface area contributed by atoms with E-state index in [0.29, 0.717) is 0 Å². The highest BCUT2D eigenvalue weighted by atomic mass is 16.7. The fraction of sp³-hybridized carbons (Fsp3) is 0.235. The molecule has 5 rings (SSSR count). The molecule has 1 aromatic carbocycles. The molecule has 0 N–H and O–H groups in total. The third kappa shape index (κ3) is 1.91. The highest BCUT2D eigenvalue weighted by molar-refractivity contribution is 5.74. The molecule has 1 aromatic heterocycles. The van der Waals surface area contributed by atoms with Gasteiger partial charge < -0.3 is 0 Å². The Balaban J connectivity index is 1.73. The third-order valence-electron chi connectivity index (χ3n) is 3.96. The minimum atomic E-state index is 0.164. The van der Waals surface area contributed by atoms with Gasteiger partial charge in [0.25, 0.3) is 0 Å². The van der Waals surface area contributed by atoms with Gasteiger partial charge in [-0.1, -0.05) is 36.4 Å². The molecule has 1 aliphatic carbocycles. The van der Waals surface area contributed by atoms with Crippen LogP contribution in [0.15, 0.2) is 60.8 Å². The SMILES string of the molecule is C1=C(c2ccccc2)[C@H]2CC[C@@H]1ON2c1ccccn1. The van der Waals surface area contributed by atoms with E-state index in [2.05, 4.69) is 41.4 Å². The van der Waals surface area contributed by atoms with E-state index in [1.54, 1.807) is 0 Å². The molecule has 20 heavy (non-hydrogen) atoms. The van der Waals surface area contributed by atoms with E-state index in [0.717, 1.165) is 18.7 Å². The summed E-state index contributed by atoms with van der Waals surface area (Å²) >= 11 is 0. The van der Waals surface area contributed by atoms with Gasteiger partial charge in [0.2, 0.25) is 0 Å². The van der Waals surface area contributed by atoms with Gasteiger partial charge in [-0.25, -0.2) is 10.0 Å². The highest BCUT2D eigenvalue weighted by Gasteiger charge is 2.37. The maximum absolute atomic E-state index is 6.02. The second kappa shape index (κ2) is 4.76. The molecular formula is C17H16N2O. The van der Waals surface area contributed by atoms with Crippen molar-refractivity contribution in [1.82, 2.24) is 4.98 Å². The number of anilines is 1. The predicted octanol–water partition coefficient (Wildman–Crippen LogP) is 3.45. The Morgan fingerprint density at radius 3 is 2.60 bits per heavy atom. The van der Waals surface area contributed by atoms with E-state index in [1.165, 1.54) is 11.1 Å². The summed E-state index contributed by atoms with van der Waals surface area (Å²) in [5.74, 6) is 0.892. The zero-order chi connectivity index (χ0) is 13.4. The van der Waals surface area contributed by atoms with E-state index in [4.69, 9.17) is 4.84 Å². The summed E-state index contributed by atoms with van der Waals surface area (Å²) < 4.78 is 0. The Morgan fingerprint density at radius 1 is 1.00 bits per heavy atom. The Labute approximate surface area is 118 Å². The molecule has 3 aliphatic rings. The lowest BCUT2D eigenvalue weighted by molar-refractivity contribution is 0.00588. The van der Waals surface area contributed by atoms with Gasteiger partial charge in [-0.3, -0.25) is 4.84 Å². The van der Waals surface area contributed by atoms with Crippen molar-refractivity contribution in [3.05, 3.63) is 66.4 Å². The molecule has 100 valence electrons. The molecule has 0 saturated carbocycles. The van der Waals surface area contributed by atoms with E-state index in [-0.39, 0.29) is 12.1 Å². The molecule has 0 radical (unpaired) electrons. The molecule has 2 aromatic rings. The predicted molar refractivity (Wildman–Crippen MR) is 79.0 cm³/mol. The molecule has 2 atom stereocenters. The van der Waals surface area contributed by atoms with E-state index in [1.807, 2.05) is 29.5 Å². The molecule has 0 unspecified atom stereocenters. The molecule has 0 amide bonds. The zero-order valence-electron chi connectivity index (χ0n) is 11.1. The van der Waals surface area contributed by atoms with Crippen molar-refractivity contribution in [1.29, 1.82) is 0 Å². The highest BCUT2D eigenvalue weighted by Crippen LogP contribution is 2.39. The summed E-state index contributed by atoms with van der Waals surface area (Å²) in [5.41, 5.74) is 2.64. The van der Waals surface area contributed by atoms with Crippen LogP contribution in [-0.4, -0.2) is 17.1 Å². The molecule has 2 aliphatic heterocycles. The van der Waals surface area contributed by atoms with Gasteiger partial charge in [0.1, 0.15) is 6.10 Å². The molecule has 3 heterocycles. The Kier molecular flexibility index (Phi) is 2.78. The average Bonchev–Trinajstić information content (AvgIpc) is 2.57. The lowest BCUT2D eigenvalue weighted by atomic mass is 9.86. The van der Waals surface area contributed by atoms with Gasteiger partial charge in [0, 0.05) is 6.20 Å². The average molecular weight is 264 g/mol. The Morgan fingerprint density at radius 2 is 1.85 bits per heavy atom. The fourth-order valence-electron chi connectivity index (χ4n) is 3.04. The molecule has 3 heteroatoms. The summed E-state index contributed by atoms with van der Waals surface area (Å²) in [4.78, 5) is 10.4. The number of hydrogen-bond acceptors (Lipinski definition) is 3. The van der Waals surface area contributed by atoms with Gasteiger partial charge in [0.05, 0.1) is 6.04 Å². The van der Waals surface area contributed by atoms with Crippen LogP contribution in [0.3, 0.4) is 0 Å². The Bertz CT molecular complexity index is 624. The number of nitrogens with zero attached hydrogens (tertiary/aromatic N) is 2. The van der Waals surface area contributed by atoms with Crippen LogP contribution in [0.4, 0.5) is 5.82 Å². The first-order chi connectivity index (χ1) is 9.92. The van der Waals surface area contributed by atoms with Crippen molar-refractivity contribution in [3.63, 3.8) is 0 Å². The number of hydroxylamine groups is 1. The summed E-state index contributed by atoms with van der Waals surface area (Å²) in [5, 5.41) is 1.98. The Hall–Kier alpha value is -2.13. The number of benzene rings is 1. The van der Waals surface area contributed by atoms with Crippen LogP contribution in [0.25, 0.3) is 5.57 Å². The van der Waals surface area contributed by atoms with Gasteiger partial charge in [-0.05, 0) is 42.2 Å². The number of pyridine rings is 1. The molecule has 3 nitrogen and oxygen atoms in total. The number of rotatable bonds is 2. The molecule has 1 fully saturated rings. The first-order valence-corrected chi connectivity index (χ1v) is 7.06. The normalized spacial score (nSPS) is 24.6. The summed E-state index contributed by atoms with van der Waals surface area (Å²) in [7, 11) is 0. The molecule has 0 spiro atoms. The second-order valence-electron chi connectivity index (χ2n) is 5.24. The number of fused-ring (bicyclic) bond motifs is 2. The fourth-order valence-corrected chi connectivity index (χ4v) is 3.04. The molecule has 1 saturated heterocycles. The summed E-state index contributed by atoms with van der Waals surface area (Å²) in [6.45, 7) is 0. The molecular weight excluding hydrogens is 248 g/mol. The van der Waals surface area contributed by atoms with Gasteiger partial charge in [-0.15, -0.1) is 0 Å². The van der Waals surface area contributed by atoms with Crippen LogP contribution < -0.4 is 5.06 Å². The van der Waals surface area contributed by atoms with Crippen LogP contribution in [0.5, 0.6) is 0 Å². The van der Waals surface area contributed by atoms with Crippen LogP contribution in [0.1, 0.15) is 18.4 Å². The first-order valence-electron chi connectivity index (χ1n) is 7.06. The van der Waals surface area contributed by atoms with Crippen molar-refractivity contribution >= 4 is 11.4 Å². The van der Waals surface area contributed by atoms with Crippen LogP contribution >= 0.6 is 0 Å². The first kappa shape index (κ1) is 11.7. The second-order valence-corrected chi connectivity index (χ2v) is 5.24. The standard InChI is InChI=1S/C17H16N2O/c1-2-6-13(7-3-1)15-12-14-9-10-16(15)19(20-14)17-8-4-5-11-18-17/h1-8,11-12,14,16H,9-10H2/t14-,16+/m0/s1. The van der Waals surface area contributed by atoms with Crippen LogP contribution in [0.2, 0.25) is 0 Å². The van der Waals surface area contributed by atoms with Crippen molar-refractivity contribution in [2.24, 2.45) is 0 Å². The lowest BCUT2D eigenvalue weighted by Gasteiger charge is -2.44. The smallest absolute Gasteiger partial charge is 0.153 e. The number of aromatic nitrogens is 1. The number of hydrogen-bond donors (Lipinski definition) is 0. The third-order valence-corrected chi connectivity index (χ3v) is 3.96.